The lowest BCUT2D eigenvalue weighted by atomic mass is 10.2. The first-order valence-corrected chi connectivity index (χ1v) is 5.03. The fourth-order valence-electron chi connectivity index (χ4n) is 1.19. The number of nitrogens with zero attached hydrogens (tertiary/aromatic N) is 2. The van der Waals surface area contributed by atoms with Crippen LogP contribution in [0.5, 0.6) is 0 Å². The summed E-state index contributed by atoms with van der Waals surface area (Å²) in [6.45, 7) is 9.02. The second-order valence-corrected chi connectivity index (χ2v) is 3.60. The Kier molecular flexibility index (Phi) is 4.00. The van der Waals surface area contributed by atoms with Crippen LogP contribution >= 0.6 is 0 Å². The van der Waals surface area contributed by atoms with Crippen molar-refractivity contribution in [1.82, 2.24) is 4.98 Å². The molecule has 0 fully saturated rings. The van der Waals surface area contributed by atoms with Crippen molar-refractivity contribution < 1.29 is 5.11 Å². The van der Waals surface area contributed by atoms with Crippen LogP contribution in [0.4, 0.5) is 0 Å². The van der Waals surface area contributed by atoms with E-state index in [9.17, 15) is 5.11 Å². The second kappa shape index (κ2) is 5.26. The smallest absolute Gasteiger partial charge is 0.113 e. The molecule has 0 radical (unpaired) electrons. The largest absolute Gasteiger partial charge is 0.508 e. The minimum Gasteiger partial charge on any atom is -0.508 e. The number of hydrogen-bond acceptors (Lipinski definition) is 3. The lowest BCUT2D eigenvalue weighted by molar-refractivity contribution is 0.425. The Morgan fingerprint density at radius 3 is 2.56 bits per heavy atom. The molecule has 3 heteroatoms. The molecule has 1 aromatic rings. The van der Waals surface area contributed by atoms with Gasteiger partial charge in [0.05, 0.1) is 0 Å². The zero-order valence-corrected chi connectivity index (χ0v) is 9.86. The molecule has 0 unspecified atom stereocenters. The van der Waals surface area contributed by atoms with Gasteiger partial charge in [0, 0.05) is 34.9 Å². The summed E-state index contributed by atoms with van der Waals surface area (Å²) in [5.41, 5.74) is 3.29. The first-order valence-electron chi connectivity index (χ1n) is 5.03. The molecule has 1 N–H and O–H groups in total. The number of rotatable bonds is 3. The van der Waals surface area contributed by atoms with E-state index in [0.717, 1.165) is 17.0 Å². The Morgan fingerprint density at radius 1 is 1.38 bits per heavy atom. The van der Waals surface area contributed by atoms with E-state index < -0.39 is 0 Å². The zero-order valence-electron chi connectivity index (χ0n) is 9.86. The maximum atomic E-state index is 9.24. The molecule has 3 nitrogen and oxygen atoms in total. The Morgan fingerprint density at radius 2 is 2.06 bits per heavy atom. The number of hydrogen-bond donors (Lipinski definition) is 1. The van der Waals surface area contributed by atoms with Gasteiger partial charge in [0.15, 0.2) is 0 Å². The van der Waals surface area contributed by atoms with Gasteiger partial charge in [-0.1, -0.05) is 12.6 Å². The van der Waals surface area contributed by atoms with Crippen molar-refractivity contribution in [3.05, 3.63) is 53.7 Å². The Bertz CT molecular complexity index is 444. The van der Waals surface area contributed by atoms with Gasteiger partial charge in [0.1, 0.15) is 5.76 Å². The lowest BCUT2D eigenvalue weighted by Gasteiger charge is -2.04. The third-order valence-electron chi connectivity index (χ3n) is 2.39. The van der Waals surface area contributed by atoms with Crippen LogP contribution in [0, 0.1) is 0 Å². The van der Waals surface area contributed by atoms with Gasteiger partial charge in [0.25, 0.3) is 0 Å². The number of aromatic nitrogens is 1. The highest BCUT2D eigenvalue weighted by Crippen LogP contribution is 2.12. The van der Waals surface area contributed by atoms with Gasteiger partial charge in [-0.2, -0.15) is 0 Å². The third kappa shape index (κ3) is 3.05. The molecule has 0 aliphatic rings. The highest BCUT2D eigenvalue weighted by atomic mass is 16.3. The maximum absolute atomic E-state index is 9.24. The third-order valence-corrected chi connectivity index (χ3v) is 2.39. The summed E-state index contributed by atoms with van der Waals surface area (Å²) >= 11 is 0. The Labute approximate surface area is 95.9 Å². The van der Waals surface area contributed by atoms with Crippen molar-refractivity contribution in [1.29, 1.82) is 0 Å². The van der Waals surface area contributed by atoms with Gasteiger partial charge < -0.3 is 5.11 Å². The van der Waals surface area contributed by atoms with Gasteiger partial charge in [-0.3, -0.25) is 9.98 Å². The molecule has 0 amide bonds. The summed E-state index contributed by atoms with van der Waals surface area (Å²) in [6.07, 6.45) is 3.48. The van der Waals surface area contributed by atoms with Crippen LogP contribution in [0.3, 0.4) is 0 Å². The van der Waals surface area contributed by atoms with Crippen LogP contribution in [-0.4, -0.2) is 15.8 Å². The molecule has 1 rings (SSSR count). The molecule has 16 heavy (non-hydrogen) atoms. The highest BCUT2D eigenvalue weighted by Gasteiger charge is 2.01. The van der Waals surface area contributed by atoms with E-state index >= 15 is 0 Å². The number of allylic oxidation sites excluding steroid dienone is 2. The Balaban J connectivity index is 3.03. The predicted octanol–water partition coefficient (Wildman–Crippen LogP) is 3.26. The van der Waals surface area contributed by atoms with Gasteiger partial charge in [-0.15, -0.1) is 0 Å². The van der Waals surface area contributed by atoms with Crippen LogP contribution in [0.1, 0.15) is 26.3 Å². The number of aliphatic imine (C=N–C) groups is 1. The summed E-state index contributed by atoms with van der Waals surface area (Å²) in [4.78, 5) is 8.43. The van der Waals surface area contributed by atoms with Crippen molar-refractivity contribution in [3.8, 4) is 0 Å². The fourth-order valence-corrected chi connectivity index (χ4v) is 1.19. The molecule has 1 heterocycles. The molecule has 0 aromatic carbocycles. The van der Waals surface area contributed by atoms with Gasteiger partial charge in [-0.25, -0.2) is 0 Å². The van der Waals surface area contributed by atoms with Crippen molar-refractivity contribution in [2.45, 2.75) is 20.8 Å². The molecule has 0 aliphatic heterocycles. The summed E-state index contributed by atoms with van der Waals surface area (Å²) < 4.78 is 0. The monoisotopic (exact) mass is 216 g/mol. The number of aliphatic hydroxyl groups excluding tert-OH is 1. The Hall–Kier alpha value is -1.90. The van der Waals surface area contributed by atoms with Crippen molar-refractivity contribution in [3.63, 3.8) is 0 Å². The SMILES string of the molecule is C=C(O)/C(C)=C(\C)N=C(C)c1cccnc1. The zero-order chi connectivity index (χ0) is 12.1. The van der Waals surface area contributed by atoms with E-state index in [1.54, 1.807) is 19.3 Å². The minimum absolute atomic E-state index is 0.0558. The number of aliphatic hydroxyl groups is 1. The lowest BCUT2D eigenvalue weighted by Crippen LogP contribution is -1.96. The summed E-state index contributed by atoms with van der Waals surface area (Å²) in [6, 6.07) is 3.81. The van der Waals surface area contributed by atoms with E-state index in [2.05, 4.69) is 16.6 Å². The van der Waals surface area contributed by atoms with Crippen molar-refractivity contribution in [2.75, 3.05) is 0 Å². The average molecular weight is 216 g/mol. The van der Waals surface area contributed by atoms with Gasteiger partial charge >= 0.3 is 0 Å². The minimum atomic E-state index is 0.0558. The van der Waals surface area contributed by atoms with Crippen LogP contribution in [0.15, 0.2) is 53.1 Å². The van der Waals surface area contributed by atoms with Gasteiger partial charge in [0.2, 0.25) is 0 Å². The molecule has 0 saturated carbocycles. The van der Waals surface area contributed by atoms with E-state index in [1.165, 1.54) is 0 Å². The molecule has 1 aromatic heterocycles. The summed E-state index contributed by atoms with van der Waals surface area (Å²) in [5, 5.41) is 9.24. The molecule has 0 spiro atoms. The first-order chi connectivity index (χ1) is 7.52. The predicted molar refractivity (Wildman–Crippen MR) is 66.6 cm³/mol. The van der Waals surface area contributed by atoms with Crippen molar-refractivity contribution >= 4 is 5.71 Å². The second-order valence-electron chi connectivity index (χ2n) is 3.60. The number of pyridine rings is 1. The summed E-state index contributed by atoms with van der Waals surface area (Å²) in [5.74, 6) is 0.0558. The van der Waals surface area contributed by atoms with Crippen LogP contribution in [0.2, 0.25) is 0 Å². The van der Waals surface area contributed by atoms with Gasteiger partial charge in [-0.05, 0) is 26.8 Å². The molecule has 0 bridgehead atoms. The summed E-state index contributed by atoms with van der Waals surface area (Å²) in [7, 11) is 0. The quantitative estimate of drug-likeness (QED) is 0.479. The molecule has 0 saturated heterocycles. The van der Waals surface area contributed by atoms with E-state index in [1.807, 2.05) is 26.0 Å². The standard InChI is InChI=1S/C13H16N2O/c1-9(12(4)16)10(2)15-11(3)13-6-5-7-14-8-13/h5-8,16H,4H2,1-3H3/b10-9+,15-11?. The van der Waals surface area contributed by atoms with Crippen LogP contribution in [-0.2, 0) is 0 Å². The van der Waals surface area contributed by atoms with E-state index in [0.29, 0.717) is 5.57 Å². The molecular weight excluding hydrogens is 200 g/mol. The molecule has 84 valence electrons. The molecule has 0 aliphatic carbocycles. The van der Waals surface area contributed by atoms with Crippen LogP contribution < -0.4 is 0 Å². The molecule has 0 atom stereocenters. The molecular formula is C13H16N2O. The van der Waals surface area contributed by atoms with E-state index in [4.69, 9.17) is 0 Å². The maximum Gasteiger partial charge on any atom is 0.113 e. The average Bonchev–Trinajstić information content (AvgIpc) is 2.28. The van der Waals surface area contributed by atoms with E-state index in [-0.39, 0.29) is 5.76 Å². The normalized spacial score (nSPS) is 13.3. The topological polar surface area (TPSA) is 45.5 Å². The van der Waals surface area contributed by atoms with Crippen LogP contribution in [0.25, 0.3) is 0 Å². The van der Waals surface area contributed by atoms with Crippen molar-refractivity contribution in [2.24, 2.45) is 4.99 Å². The highest BCUT2D eigenvalue weighted by molar-refractivity contribution is 5.99. The fraction of sp³-hybridized carbons (Fsp3) is 0.231. The first kappa shape index (κ1) is 12.2.